The van der Waals surface area contributed by atoms with Gasteiger partial charge in [0, 0.05) is 25.5 Å². The topological polar surface area (TPSA) is 115 Å². The third-order valence-electron chi connectivity index (χ3n) is 5.29. The highest BCUT2D eigenvalue weighted by Crippen LogP contribution is 2.32. The van der Waals surface area contributed by atoms with E-state index in [-0.39, 0.29) is 29.6 Å². The van der Waals surface area contributed by atoms with Crippen LogP contribution in [-0.2, 0) is 11.3 Å². The fraction of sp³-hybridized carbons (Fsp3) is 0.364. The SMILES string of the molecule is O=C(Nc1c(Cl)cccc1Cl)c1cnc(Nc2cnn(C[C@H]3CNCCO3)c2)nc1OC1CC1. The zero-order valence-corrected chi connectivity index (χ0v) is 19.6. The molecule has 1 saturated carbocycles. The summed E-state index contributed by atoms with van der Waals surface area (Å²) in [5.74, 6) is 0.0129. The zero-order valence-electron chi connectivity index (χ0n) is 18.1. The Hall–Kier alpha value is -2.92. The predicted octanol–water partition coefficient (Wildman–Crippen LogP) is 3.51. The Labute approximate surface area is 206 Å². The van der Waals surface area contributed by atoms with Crippen molar-refractivity contribution < 1.29 is 14.3 Å². The van der Waals surface area contributed by atoms with Gasteiger partial charge in [-0.3, -0.25) is 9.48 Å². The molecule has 34 heavy (non-hydrogen) atoms. The molecule has 2 fully saturated rings. The highest BCUT2D eigenvalue weighted by molar-refractivity contribution is 6.40. The summed E-state index contributed by atoms with van der Waals surface area (Å²) in [6, 6.07) is 4.99. The fourth-order valence-corrected chi connectivity index (χ4v) is 3.91. The largest absolute Gasteiger partial charge is 0.474 e. The van der Waals surface area contributed by atoms with Crippen LogP contribution in [0.2, 0.25) is 10.0 Å². The second-order valence-electron chi connectivity index (χ2n) is 8.05. The average molecular weight is 504 g/mol. The molecule has 10 nitrogen and oxygen atoms in total. The van der Waals surface area contributed by atoms with Crippen molar-refractivity contribution in [3.8, 4) is 5.88 Å². The van der Waals surface area contributed by atoms with Gasteiger partial charge in [-0.2, -0.15) is 10.1 Å². The van der Waals surface area contributed by atoms with Gasteiger partial charge in [0.2, 0.25) is 11.8 Å². The van der Waals surface area contributed by atoms with Crippen LogP contribution in [0.15, 0.2) is 36.8 Å². The molecule has 2 aromatic heterocycles. The molecular weight excluding hydrogens is 481 g/mol. The maximum absolute atomic E-state index is 13.0. The van der Waals surface area contributed by atoms with Gasteiger partial charge in [0.1, 0.15) is 11.7 Å². The van der Waals surface area contributed by atoms with E-state index in [1.54, 1.807) is 29.1 Å². The van der Waals surface area contributed by atoms with Gasteiger partial charge in [0.25, 0.3) is 5.91 Å². The van der Waals surface area contributed by atoms with Crippen molar-refractivity contribution in [2.24, 2.45) is 0 Å². The average Bonchev–Trinajstić information content (AvgIpc) is 3.54. The Bertz CT molecular complexity index is 1160. The number of carbonyl (C=O) groups is 1. The summed E-state index contributed by atoms with van der Waals surface area (Å²) in [6.45, 7) is 2.98. The van der Waals surface area contributed by atoms with Crippen molar-refractivity contribution in [1.29, 1.82) is 0 Å². The van der Waals surface area contributed by atoms with Crippen LogP contribution >= 0.6 is 23.2 Å². The summed E-state index contributed by atoms with van der Waals surface area (Å²) in [7, 11) is 0. The van der Waals surface area contributed by atoms with Gasteiger partial charge < -0.3 is 25.4 Å². The highest BCUT2D eigenvalue weighted by atomic mass is 35.5. The first-order valence-electron chi connectivity index (χ1n) is 11.0. The first-order chi connectivity index (χ1) is 16.5. The maximum atomic E-state index is 13.0. The van der Waals surface area contributed by atoms with E-state index in [9.17, 15) is 4.79 Å². The summed E-state index contributed by atoms with van der Waals surface area (Å²) in [5.41, 5.74) is 1.22. The van der Waals surface area contributed by atoms with Gasteiger partial charge in [0.15, 0.2) is 0 Å². The first kappa shape index (κ1) is 22.9. The lowest BCUT2D eigenvalue weighted by molar-refractivity contribution is 0.0161. The summed E-state index contributed by atoms with van der Waals surface area (Å²) in [6.07, 6.45) is 6.87. The lowest BCUT2D eigenvalue weighted by Gasteiger charge is -2.23. The van der Waals surface area contributed by atoms with E-state index in [4.69, 9.17) is 32.7 Å². The Morgan fingerprint density at radius 2 is 2.09 bits per heavy atom. The molecule has 12 heteroatoms. The number of hydrogen-bond donors (Lipinski definition) is 3. The number of carbonyl (C=O) groups excluding carboxylic acids is 1. The molecule has 0 spiro atoms. The third-order valence-corrected chi connectivity index (χ3v) is 5.92. The van der Waals surface area contributed by atoms with Gasteiger partial charge in [-0.15, -0.1) is 0 Å². The fourth-order valence-electron chi connectivity index (χ4n) is 3.42. The van der Waals surface area contributed by atoms with E-state index in [0.717, 1.165) is 25.9 Å². The summed E-state index contributed by atoms with van der Waals surface area (Å²) < 4.78 is 13.4. The van der Waals surface area contributed by atoms with Gasteiger partial charge in [-0.25, -0.2) is 4.98 Å². The molecule has 1 amide bonds. The predicted molar refractivity (Wildman–Crippen MR) is 128 cm³/mol. The van der Waals surface area contributed by atoms with Crippen molar-refractivity contribution in [3.05, 3.63) is 52.4 Å². The number of benzene rings is 1. The van der Waals surface area contributed by atoms with E-state index in [2.05, 4.69) is 31.0 Å². The van der Waals surface area contributed by atoms with Crippen LogP contribution in [0.5, 0.6) is 5.88 Å². The molecule has 178 valence electrons. The molecule has 3 heterocycles. The highest BCUT2D eigenvalue weighted by Gasteiger charge is 2.28. The van der Waals surface area contributed by atoms with E-state index in [1.807, 2.05) is 6.20 Å². The van der Waals surface area contributed by atoms with Crippen LogP contribution < -0.4 is 20.7 Å². The van der Waals surface area contributed by atoms with Gasteiger partial charge in [-0.05, 0) is 25.0 Å². The molecule has 0 radical (unpaired) electrons. The summed E-state index contributed by atoms with van der Waals surface area (Å²) >= 11 is 12.4. The lowest BCUT2D eigenvalue weighted by atomic mass is 10.2. The standard InChI is InChI=1S/C22H23Cl2N7O3/c23-17-2-1-3-18(24)19(17)29-20(32)16-10-26-22(30-21(16)34-14-4-5-14)28-13-8-27-31(11-13)12-15-9-25-6-7-33-15/h1-3,8,10-11,14-15,25H,4-7,9,12H2,(H,29,32)(H,26,28,30)/t15-/m1/s1. The third kappa shape index (κ3) is 5.58. The van der Waals surface area contributed by atoms with Crippen LogP contribution in [0.1, 0.15) is 23.2 Å². The molecule has 3 N–H and O–H groups in total. The molecule has 1 atom stereocenters. The number of aromatic nitrogens is 4. The first-order valence-corrected chi connectivity index (χ1v) is 11.7. The normalized spacial score (nSPS) is 17.9. The molecule has 1 aliphatic carbocycles. The Morgan fingerprint density at radius 1 is 1.26 bits per heavy atom. The number of hydrogen-bond acceptors (Lipinski definition) is 8. The Kier molecular flexibility index (Phi) is 6.82. The second-order valence-corrected chi connectivity index (χ2v) is 8.87. The molecule has 1 aliphatic heterocycles. The lowest BCUT2D eigenvalue weighted by Crippen LogP contribution is -2.40. The molecule has 0 unspecified atom stereocenters. The van der Waals surface area contributed by atoms with Crippen molar-refractivity contribution in [2.75, 3.05) is 30.3 Å². The van der Waals surface area contributed by atoms with Crippen LogP contribution in [0.3, 0.4) is 0 Å². The van der Waals surface area contributed by atoms with E-state index in [0.29, 0.717) is 34.6 Å². The van der Waals surface area contributed by atoms with Crippen molar-refractivity contribution in [2.45, 2.75) is 31.6 Å². The summed E-state index contributed by atoms with van der Waals surface area (Å²) in [5, 5.41) is 14.2. The van der Waals surface area contributed by atoms with E-state index >= 15 is 0 Å². The van der Waals surface area contributed by atoms with Crippen LogP contribution in [0.25, 0.3) is 0 Å². The number of morpholine rings is 1. The number of amides is 1. The number of anilines is 3. The Morgan fingerprint density at radius 3 is 2.82 bits per heavy atom. The molecular formula is C22H23Cl2N7O3. The van der Waals surface area contributed by atoms with Gasteiger partial charge >= 0.3 is 0 Å². The van der Waals surface area contributed by atoms with E-state index in [1.165, 1.54) is 6.20 Å². The number of nitrogens with zero attached hydrogens (tertiary/aromatic N) is 4. The minimum absolute atomic E-state index is 0.0325. The number of para-hydroxylation sites is 1. The van der Waals surface area contributed by atoms with Crippen molar-refractivity contribution in [3.63, 3.8) is 0 Å². The minimum atomic E-state index is -0.467. The number of rotatable bonds is 8. The Balaban J connectivity index is 1.31. The van der Waals surface area contributed by atoms with Crippen LogP contribution in [0.4, 0.5) is 17.3 Å². The molecule has 2 aliphatic rings. The molecule has 1 aromatic carbocycles. The zero-order chi connectivity index (χ0) is 23.5. The number of ether oxygens (including phenoxy) is 2. The van der Waals surface area contributed by atoms with Crippen LogP contribution in [0, 0.1) is 0 Å². The maximum Gasteiger partial charge on any atom is 0.262 e. The second kappa shape index (κ2) is 10.1. The smallest absolute Gasteiger partial charge is 0.262 e. The molecule has 0 bridgehead atoms. The monoisotopic (exact) mass is 503 g/mol. The number of nitrogens with one attached hydrogen (secondary N) is 3. The van der Waals surface area contributed by atoms with Gasteiger partial charge in [-0.1, -0.05) is 29.3 Å². The number of halogens is 2. The molecule has 5 rings (SSSR count). The van der Waals surface area contributed by atoms with Crippen molar-refractivity contribution in [1.82, 2.24) is 25.1 Å². The van der Waals surface area contributed by atoms with E-state index < -0.39 is 5.91 Å². The van der Waals surface area contributed by atoms with Gasteiger partial charge in [0.05, 0.1) is 46.9 Å². The summed E-state index contributed by atoms with van der Waals surface area (Å²) in [4.78, 5) is 21.7. The minimum Gasteiger partial charge on any atom is -0.474 e. The molecule has 1 saturated heterocycles. The van der Waals surface area contributed by atoms with Crippen molar-refractivity contribution >= 4 is 46.4 Å². The molecule has 3 aromatic rings. The van der Waals surface area contributed by atoms with Crippen LogP contribution in [-0.4, -0.2) is 57.6 Å². The quantitative estimate of drug-likeness (QED) is 0.427.